The van der Waals surface area contributed by atoms with Gasteiger partial charge < -0.3 is 9.84 Å². The second-order valence-corrected chi connectivity index (χ2v) is 4.01. The Morgan fingerprint density at radius 1 is 1.13 bits per heavy atom. The van der Waals surface area contributed by atoms with Gasteiger partial charge in [0.05, 0.1) is 0 Å². The molecule has 0 spiro atoms. The maximum Gasteiger partial charge on any atom is 0.218 e. The molecule has 0 amide bonds. The molecule has 4 heteroatoms. The zero-order valence-electron chi connectivity index (χ0n) is 8.71. The lowest BCUT2D eigenvalue weighted by molar-refractivity contribution is -0.512. The van der Waals surface area contributed by atoms with Crippen LogP contribution in [-0.2, 0) is 14.5 Å². The number of hydrogen-bond acceptors (Lipinski definition) is 4. The van der Waals surface area contributed by atoms with E-state index in [1.165, 1.54) is 0 Å². The Hall–Kier alpha value is -0.940. The normalized spacial score (nSPS) is 30.1. The van der Waals surface area contributed by atoms with Gasteiger partial charge in [-0.25, -0.2) is 0 Å². The predicted molar refractivity (Wildman–Crippen MR) is 52.5 cm³/mol. The van der Waals surface area contributed by atoms with E-state index in [-0.39, 0.29) is 0 Å². The lowest BCUT2D eigenvalue weighted by atomic mass is 10.1. The van der Waals surface area contributed by atoms with E-state index in [0.717, 1.165) is 5.56 Å². The van der Waals surface area contributed by atoms with E-state index in [4.69, 9.17) is 14.5 Å². The highest BCUT2D eigenvalue weighted by atomic mass is 17.3. The molecule has 2 atom stereocenters. The number of rotatable bonds is 1. The third-order valence-corrected chi connectivity index (χ3v) is 2.31. The van der Waals surface area contributed by atoms with Crippen molar-refractivity contribution in [2.45, 2.75) is 32.0 Å². The minimum absolute atomic E-state index is 0.593. The van der Waals surface area contributed by atoms with Gasteiger partial charge in [0.1, 0.15) is 5.60 Å². The molecule has 1 aliphatic rings. The van der Waals surface area contributed by atoms with E-state index in [9.17, 15) is 5.11 Å². The zero-order valence-corrected chi connectivity index (χ0v) is 8.71. The number of benzene rings is 1. The zero-order chi connectivity index (χ0) is 10.9. The van der Waals surface area contributed by atoms with E-state index in [1.54, 1.807) is 13.8 Å². The number of hydrogen-bond donors (Lipinski definition) is 1. The Kier molecular flexibility index (Phi) is 2.75. The third kappa shape index (κ3) is 2.18. The largest absolute Gasteiger partial charge is 0.363 e. The Labute approximate surface area is 88.3 Å². The fraction of sp³-hybridized carbons (Fsp3) is 0.455. The Bertz CT molecular complexity index is 323. The van der Waals surface area contributed by atoms with Gasteiger partial charge in [-0.3, -0.25) is 0 Å². The van der Waals surface area contributed by atoms with Crippen LogP contribution in [-0.4, -0.2) is 17.0 Å². The summed E-state index contributed by atoms with van der Waals surface area (Å²) < 4.78 is 5.57. The molecule has 1 aromatic carbocycles. The van der Waals surface area contributed by atoms with Crippen molar-refractivity contribution >= 4 is 0 Å². The summed E-state index contributed by atoms with van der Waals surface area (Å²) in [5.74, 6) is 0. The maximum absolute atomic E-state index is 9.43. The van der Waals surface area contributed by atoms with Crippen LogP contribution in [0.3, 0.4) is 0 Å². The lowest BCUT2D eigenvalue weighted by Gasteiger charge is -2.38. The van der Waals surface area contributed by atoms with E-state index in [2.05, 4.69) is 0 Å². The topological polar surface area (TPSA) is 47.9 Å². The summed E-state index contributed by atoms with van der Waals surface area (Å²) in [5.41, 5.74) is 0.0798. The molecular formula is C11H14O4. The van der Waals surface area contributed by atoms with Gasteiger partial charge in [0.2, 0.25) is 12.6 Å². The van der Waals surface area contributed by atoms with Gasteiger partial charge in [0.25, 0.3) is 0 Å². The Morgan fingerprint density at radius 3 is 2.40 bits per heavy atom. The first kappa shape index (κ1) is 10.6. The minimum atomic E-state index is -1.07. The monoisotopic (exact) mass is 210 g/mol. The van der Waals surface area contributed by atoms with Crippen LogP contribution >= 0.6 is 0 Å². The van der Waals surface area contributed by atoms with E-state index < -0.39 is 18.2 Å². The SMILES string of the molecule is CC1(C)O[C@@H](c2ccccc2)OO[C@H]1O. The molecule has 0 aliphatic carbocycles. The van der Waals surface area contributed by atoms with E-state index >= 15 is 0 Å². The van der Waals surface area contributed by atoms with E-state index in [1.807, 2.05) is 30.3 Å². The lowest BCUT2D eigenvalue weighted by Crippen LogP contribution is -2.46. The molecule has 1 aromatic rings. The average molecular weight is 210 g/mol. The Morgan fingerprint density at radius 2 is 1.80 bits per heavy atom. The summed E-state index contributed by atoms with van der Waals surface area (Å²) >= 11 is 0. The Balaban J connectivity index is 2.14. The highest BCUT2D eigenvalue weighted by Gasteiger charge is 2.39. The van der Waals surface area contributed by atoms with Gasteiger partial charge in [0.15, 0.2) is 0 Å². The van der Waals surface area contributed by atoms with Crippen LogP contribution in [0.2, 0.25) is 0 Å². The highest BCUT2D eigenvalue weighted by Crippen LogP contribution is 2.33. The van der Waals surface area contributed by atoms with Crippen molar-refractivity contribution in [3.05, 3.63) is 35.9 Å². The fourth-order valence-electron chi connectivity index (χ4n) is 1.31. The van der Waals surface area contributed by atoms with Gasteiger partial charge in [-0.05, 0) is 13.8 Å². The summed E-state index contributed by atoms with van der Waals surface area (Å²) in [6, 6.07) is 9.44. The van der Waals surface area contributed by atoms with Crippen molar-refractivity contribution in [3.8, 4) is 0 Å². The van der Waals surface area contributed by atoms with Crippen molar-refractivity contribution < 1.29 is 19.6 Å². The molecule has 4 nitrogen and oxygen atoms in total. The van der Waals surface area contributed by atoms with Gasteiger partial charge in [-0.2, -0.15) is 9.78 Å². The van der Waals surface area contributed by atoms with Gasteiger partial charge in [-0.15, -0.1) is 0 Å². The highest BCUT2D eigenvalue weighted by molar-refractivity contribution is 5.16. The van der Waals surface area contributed by atoms with Gasteiger partial charge >= 0.3 is 0 Å². The molecule has 82 valence electrons. The molecule has 1 heterocycles. The molecule has 1 fully saturated rings. The molecule has 2 rings (SSSR count). The van der Waals surface area contributed by atoms with Crippen LogP contribution in [0.15, 0.2) is 30.3 Å². The first-order valence-corrected chi connectivity index (χ1v) is 4.82. The second-order valence-electron chi connectivity index (χ2n) is 4.01. The van der Waals surface area contributed by atoms with Crippen LogP contribution in [0.5, 0.6) is 0 Å². The summed E-state index contributed by atoms with van der Waals surface area (Å²) in [7, 11) is 0. The van der Waals surface area contributed by atoms with Crippen LogP contribution in [0.4, 0.5) is 0 Å². The fourth-order valence-corrected chi connectivity index (χ4v) is 1.31. The maximum atomic E-state index is 9.43. The smallest absolute Gasteiger partial charge is 0.218 e. The number of aliphatic hydroxyl groups excluding tert-OH is 1. The van der Waals surface area contributed by atoms with Crippen LogP contribution in [0.1, 0.15) is 25.7 Å². The molecule has 1 saturated heterocycles. The minimum Gasteiger partial charge on any atom is -0.363 e. The molecule has 0 aromatic heterocycles. The number of aliphatic hydroxyl groups is 1. The van der Waals surface area contributed by atoms with Crippen LogP contribution in [0.25, 0.3) is 0 Å². The van der Waals surface area contributed by atoms with Crippen molar-refractivity contribution in [2.75, 3.05) is 0 Å². The van der Waals surface area contributed by atoms with Crippen molar-refractivity contribution in [1.82, 2.24) is 0 Å². The standard InChI is InChI=1S/C11H14O4/c1-11(2)10(12)15-14-9(13-11)8-6-4-3-5-7-8/h3-7,9-10,12H,1-2H3/t9-,10-/m1/s1. The van der Waals surface area contributed by atoms with Crippen molar-refractivity contribution in [3.63, 3.8) is 0 Å². The second kappa shape index (κ2) is 3.90. The molecular weight excluding hydrogens is 196 g/mol. The summed E-state index contributed by atoms with van der Waals surface area (Å²) in [6.07, 6.45) is -1.66. The van der Waals surface area contributed by atoms with Crippen molar-refractivity contribution in [2.24, 2.45) is 0 Å². The summed E-state index contributed by atoms with van der Waals surface area (Å²) in [6.45, 7) is 3.49. The summed E-state index contributed by atoms with van der Waals surface area (Å²) in [5, 5.41) is 9.43. The average Bonchev–Trinajstić information content (AvgIpc) is 2.23. The molecule has 1 N–H and O–H groups in total. The van der Waals surface area contributed by atoms with Crippen molar-refractivity contribution in [1.29, 1.82) is 0 Å². The molecule has 0 bridgehead atoms. The molecule has 0 saturated carbocycles. The van der Waals surface area contributed by atoms with Gasteiger partial charge in [0, 0.05) is 5.56 Å². The first-order chi connectivity index (χ1) is 7.09. The molecule has 0 radical (unpaired) electrons. The van der Waals surface area contributed by atoms with Crippen LogP contribution in [0, 0.1) is 0 Å². The predicted octanol–water partition coefficient (Wildman–Crippen LogP) is 1.76. The number of ether oxygens (including phenoxy) is 1. The molecule has 0 unspecified atom stereocenters. The summed E-state index contributed by atoms with van der Waals surface area (Å²) in [4.78, 5) is 9.73. The van der Waals surface area contributed by atoms with Gasteiger partial charge in [-0.1, -0.05) is 30.3 Å². The van der Waals surface area contributed by atoms with Crippen LogP contribution < -0.4 is 0 Å². The third-order valence-electron chi connectivity index (χ3n) is 2.31. The van der Waals surface area contributed by atoms with E-state index in [0.29, 0.717) is 0 Å². The molecule has 1 aliphatic heterocycles. The molecule has 15 heavy (non-hydrogen) atoms. The first-order valence-electron chi connectivity index (χ1n) is 4.82. The quantitative estimate of drug-likeness (QED) is 0.717.